The highest BCUT2D eigenvalue weighted by molar-refractivity contribution is 5.83. The largest absolute Gasteiger partial charge is 0.396 e. The van der Waals surface area contributed by atoms with Crippen LogP contribution in [0.1, 0.15) is 64.7 Å². The molecule has 0 bridgehead atoms. The van der Waals surface area contributed by atoms with Crippen LogP contribution < -0.4 is 10.6 Å². The van der Waals surface area contributed by atoms with E-state index in [1.54, 1.807) is 0 Å². The van der Waals surface area contributed by atoms with Crippen LogP contribution in [0.15, 0.2) is 9.78 Å². The molecule has 1 aliphatic heterocycles. The molecular formula is C20H36N6O2. The molecule has 2 fully saturated rings. The van der Waals surface area contributed by atoms with Crippen molar-refractivity contribution in [1.82, 2.24) is 15.2 Å². The van der Waals surface area contributed by atoms with Crippen molar-refractivity contribution in [2.75, 3.05) is 50.0 Å². The van der Waals surface area contributed by atoms with E-state index in [-0.39, 0.29) is 0 Å². The predicted molar refractivity (Wildman–Crippen MR) is 112 cm³/mol. The minimum absolute atomic E-state index is 0.584. The monoisotopic (exact) mass is 392 g/mol. The maximum atomic E-state index is 5.46. The number of aromatic nitrogens is 2. The number of oxime groups is 1. The third kappa shape index (κ3) is 7.30. The van der Waals surface area contributed by atoms with Gasteiger partial charge in [-0.15, -0.1) is 0 Å². The average Bonchev–Trinajstić information content (AvgIpc) is 3.18. The Hall–Kier alpha value is -1.83. The van der Waals surface area contributed by atoms with Gasteiger partial charge < -0.3 is 15.5 Å². The molecule has 0 atom stereocenters. The van der Waals surface area contributed by atoms with Crippen LogP contribution in [0.4, 0.5) is 11.6 Å². The molecule has 8 heteroatoms. The van der Waals surface area contributed by atoms with Crippen molar-refractivity contribution in [3.63, 3.8) is 0 Å². The Labute approximate surface area is 168 Å². The van der Waals surface area contributed by atoms with Gasteiger partial charge in [0.15, 0.2) is 0 Å². The summed E-state index contributed by atoms with van der Waals surface area (Å²) in [5, 5.41) is 18.8. The molecule has 0 unspecified atom stereocenters. The van der Waals surface area contributed by atoms with Crippen molar-refractivity contribution in [1.29, 1.82) is 0 Å². The number of hydrogen-bond donors (Lipinski definition) is 2. The lowest BCUT2D eigenvalue weighted by Crippen LogP contribution is -2.33. The highest BCUT2D eigenvalue weighted by atomic mass is 16.6. The summed E-state index contributed by atoms with van der Waals surface area (Å²) in [5.74, 6) is 2.13. The Bertz CT molecular complexity index is 579. The third-order valence-electron chi connectivity index (χ3n) is 5.60. The van der Waals surface area contributed by atoms with Gasteiger partial charge >= 0.3 is 0 Å². The molecule has 1 aromatic rings. The Morgan fingerprint density at radius 1 is 1.07 bits per heavy atom. The van der Waals surface area contributed by atoms with Crippen molar-refractivity contribution in [2.24, 2.45) is 11.1 Å². The quantitative estimate of drug-likeness (QED) is 0.337. The van der Waals surface area contributed by atoms with Gasteiger partial charge in [-0.1, -0.05) is 30.8 Å². The molecule has 28 heavy (non-hydrogen) atoms. The maximum absolute atomic E-state index is 5.46. The van der Waals surface area contributed by atoms with E-state index in [1.807, 2.05) is 6.92 Å². The van der Waals surface area contributed by atoms with E-state index < -0.39 is 0 Å². The zero-order valence-corrected chi connectivity index (χ0v) is 17.3. The predicted octanol–water partition coefficient (Wildman–Crippen LogP) is 3.74. The molecule has 0 spiro atoms. The van der Waals surface area contributed by atoms with Gasteiger partial charge in [-0.3, -0.25) is 4.90 Å². The minimum Gasteiger partial charge on any atom is -0.396 e. The number of anilines is 2. The van der Waals surface area contributed by atoms with E-state index in [4.69, 9.17) is 9.47 Å². The number of nitrogens with one attached hydrogen (secondary N) is 2. The molecule has 0 aromatic carbocycles. The Morgan fingerprint density at radius 2 is 1.79 bits per heavy atom. The second kappa shape index (κ2) is 11.9. The Balaban J connectivity index is 1.27. The van der Waals surface area contributed by atoms with Gasteiger partial charge in [-0.05, 0) is 61.9 Å². The summed E-state index contributed by atoms with van der Waals surface area (Å²) >= 11 is 0. The first-order chi connectivity index (χ1) is 13.8. The first kappa shape index (κ1) is 20.9. The van der Waals surface area contributed by atoms with E-state index in [0.29, 0.717) is 18.2 Å². The molecule has 1 aromatic heterocycles. The normalized spacial score (nSPS) is 19.5. The molecule has 1 saturated heterocycles. The molecule has 1 saturated carbocycles. The van der Waals surface area contributed by atoms with Crippen LogP contribution in [0.2, 0.25) is 0 Å². The summed E-state index contributed by atoms with van der Waals surface area (Å²) in [7, 11) is 0. The molecule has 0 amide bonds. The molecule has 8 nitrogen and oxygen atoms in total. The number of nitrogens with zero attached hydrogens (tertiary/aromatic N) is 4. The lowest BCUT2D eigenvalue weighted by atomic mass is 9.89. The standard InChI is InChI=1S/C20H36N6O2/c1-17(16-26-12-6-3-7-13-26)23-27-14-8-11-21-19-20(25-28-24-19)22-15-18-9-4-2-5-10-18/h18H,2-16H2,1H3,(H,21,24)(H,22,25)/b23-17+. The van der Waals surface area contributed by atoms with Gasteiger partial charge in [0, 0.05) is 26.1 Å². The number of piperidine rings is 1. The van der Waals surface area contributed by atoms with Crippen LogP contribution in [-0.2, 0) is 4.84 Å². The van der Waals surface area contributed by atoms with Crippen molar-refractivity contribution >= 4 is 17.3 Å². The van der Waals surface area contributed by atoms with Crippen molar-refractivity contribution in [3.8, 4) is 0 Å². The van der Waals surface area contributed by atoms with Crippen molar-refractivity contribution < 1.29 is 9.47 Å². The highest BCUT2D eigenvalue weighted by Gasteiger charge is 2.16. The molecule has 2 aliphatic rings. The lowest BCUT2D eigenvalue weighted by molar-refractivity contribution is 0.141. The first-order valence-corrected chi connectivity index (χ1v) is 11.0. The highest BCUT2D eigenvalue weighted by Crippen LogP contribution is 2.24. The average molecular weight is 393 g/mol. The van der Waals surface area contributed by atoms with Crippen LogP contribution in [0, 0.1) is 5.92 Å². The molecule has 158 valence electrons. The zero-order valence-electron chi connectivity index (χ0n) is 17.3. The smallest absolute Gasteiger partial charge is 0.215 e. The summed E-state index contributed by atoms with van der Waals surface area (Å²) in [4.78, 5) is 7.91. The molecule has 2 heterocycles. The fourth-order valence-electron chi connectivity index (χ4n) is 4.02. The second-order valence-electron chi connectivity index (χ2n) is 8.12. The van der Waals surface area contributed by atoms with Crippen molar-refractivity contribution in [3.05, 3.63) is 0 Å². The van der Waals surface area contributed by atoms with E-state index in [0.717, 1.165) is 37.7 Å². The van der Waals surface area contributed by atoms with Crippen LogP contribution in [0.5, 0.6) is 0 Å². The SMILES string of the molecule is C/C(CN1CCCCC1)=N\OCCCNc1nonc1NCC1CCCCC1. The molecule has 1 aliphatic carbocycles. The van der Waals surface area contributed by atoms with E-state index in [9.17, 15) is 0 Å². The summed E-state index contributed by atoms with van der Waals surface area (Å²) < 4.78 is 4.88. The van der Waals surface area contributed by atoms with Gasteiger partial charge in [-0.2, -0.15) is 0 Å². The van der Waals surface area contributed by atoms with Crippen LogP contribution in [-0.4, -0.2) is 60.3 Å². The van der Waals surface area contributed by atoms with E-state index >= 15 is 0 Å². The van der Waals surface area contributed by atoms with Crippen LogP contribution in [0.25, 0.3) is 0 Å². The van der Waals surface area contributed by atoms with E-state index in [2.05, 4.69) is 31.0 Å². The number of rotatable bonds is 11. The first-order valence-electron chi connectivity index (χ1n) is 11.0. The van der Waals surface area contributed by atoms with Gasteiger partial charge in [0.25, 0.3) is 0 Å². The fourth-order valence-corrected chi connectivity index (χ4v) is 4.02. The third-order valence-corrected chi connectivity index (χ3v) is 5.60. The van der Waals surface area contributed by atoms with Gasteiger partial charge in [0.1, 0.15) is 6.61 Å². The lowest BCUT2D eigenvalue weighted by Gasteiger charge is -2.25. The Kier molecular flexibility index (Phi) is 8.87. The summed E-state index contributed by atoms with van der Waals surface area (Å²) in [6, 6.07) is 0. The molecule has 3 rings (SSSR count). The maximum Gasteiger partial charge on any atom is 0.215 e. The molecular weight excluding hydrogens is 356 g/mol. The Morgan fingerprint density at radius 3 is 2.57 bits per heavy atom. The molecule has 2 N–H and O–H groups in total. The summed E-state index contributed by atoms with van der Waals surface area (Å²) in [5.41, 5.74) is 1.05. The second-order valence-corrected chi connectivity index (χ2v) is 8.12. The van der Waals surface area contributed by atoms with Gasteiger partial charge in [0.05, 0.1) is 5.71 Å². The summed E-state index contributed by atoms with van der Waals surface area (Å²) in [6.07, 6.45) is 11.5. The van der Waals surface area contributed by atoms with Gasteiger partial charge in [-0.25, -0.2) is 4.63 Å². The number of hydrogen-bond acceptors (Lipinski definition) is 8. The van der Waals surface area contributed by atoms with Crippen molar-refractivity contribution in [2.45, 2.75) is 64.7 Å². The topological polar surface area (TPSA) is 87.8 Å². The minimum atomic E-state index is 0.584. The number of likely N-dealkylation sites (tertiary alicyclic amines) is 1. The van der Waals surface area contributed by atoms with Crippen LogP contribution in [0.3, 0.4) is 0 Å². The van der Waals surface area contributed by atoms with E-state index in [1.165, 1.54) is 64.5 Å². The van der Waals surface area contributed by atoms with Gasteiger partial charge in [0.2, 0.25) is 11.6 Å². The molecule has 0 radical (unpaired) electrons. The summed E-state index contributed by atoms with van der Waals surface area (Å²) in [6.45, 7) is 7.58. The fraction of sp³-hybridized carbons (Fsp3) is 0.850. The zero-order chi connectivity index (χ0) is 19.4. The van der Waals surface area contributed by atoms with Crippen LogP contribution >= 0.6 is 0 Å².